The fourth-order valence-electron chi connectivity index (χ4n) is 3.38. The lowest BCUT2D eigenvalue weighted by atomic mass is 9.74. The van der Waals surface area contributed by atoms with E-state index in [4.69, 9.17) is 0 Å². The van der Waals surface area contributed by atoms with Crippen molar-refractivity contribution < 1.29 is 0 Å². The lowest BCUT2D eigenvalue weighted by Crippen LogP contribution is -2.37. The van der Waals surface area contributed by atoms with Crippen molar-refractivity contribution in [1.29, 1.82) is 0 Å². The maximum Gasteiger partial charge on any atom is 0.00476 e. The average molecular weight is 221 g/mol. The Morgan fingerprint density at radius 2 is 1.94 bits per heavy atom. The normalized spacial score (nSPS) is 24.8. The zero-order valence-electron chi connectivity index (χ0n) is 11.0. The summed E-state index contributed by atoms with van der Waals surface area (Å²) in [6.07, 6.45) is 13.9. The van der Waals surface area contributed by atoms with Gasteiger partial charge in [-0.1, -0.05) is 38.3 Å². The molecule has 2 rings (SSSR count). The predicted molar refractivity (Wildman–Crippen MR) is 70.6 cm³/mol. The van der Waals surface area contributed by atoms with Crippen LogP contribution in [0.3, 0.4) is 0 Å². The van der Waals surface area contributed by atoms with Gasteiger partial charge in [0.05, 0.1) is 0 Å². The van der Waals surface area contributed by atoms with Crippen LogP contribution in [0.4, 0.5) is 0 Å². The van der Waals surface area contributed by atoms with Gasteiger partial charge in [0.2, 0.25) is 0 Å². The van der Waals surface area contributed by atoms with Crippen LogP contribution in [0.5, 0.6) is 0 Å². The first kappa shape index (κ1) is 12.2. The van der Waals surface area contributed by atoms with Crippen LogP contribution in [0.2, 0.25) is 0 Å². The van der Waals surface area contributed by atoms with Gasteiger partial charge in [-0.3, -0.25) is 0 Å². The molecule has 0 aromatic carbocycles. The molecule has 0 unspecified atom stereocenters. The second-order valence-electron chi connectivity index (χ2n) is 6.00. The number of rotatable bonds is 4. The molecule has 0 heterocycles. The fourth-order valence-corrected chi connectivity index (χ4v) is 3.38. The van der Waals surface area contributed by atoms with Crippen LogP contribution in [-0.4, -0.2) is 12.6 Å². The summed E-state index contributed by atoms with van der Waals surface area (Å²) >= 11 is 0. The SMILES string of the molecule is CC(C)NCC1(C2=CCCCC2)CCCC1. The van der Waals surface area contributed by atoms with E-state index < -0.39 is 0 Å². The lowest BCUT2D eigenvalue weighted by molar-refractivity contribution is 0.313. The van der Waals surface area contributed by atoms with Gasteiger partial charge in [0.15, 0.2) is 0 Å². The molecule has 0 atom stereocenters. The molecule has 1 N–H and O–H groups in total. The van der Waals surface area contributed by atoms with Crippen molar-refractivity contribution in [1.82, 2.24) is 5.32 Å². The summed E-state index contributed by atoms with van der Waals surface area (Å²) in [6, 6.07) is 0.627. The van der Waals surface area contributed by atoms with Crippen molar-refractivity contribution in [2.45, 2.75) is 71.3 Å². The van der Waals surface area contributed by atoms with Crippen molar-refractivity contribution in [2.75, 3.05) is 6.54 Å². The molecule has 16 heavy (non-hydrogen) atoms. The topological polar surface area (TPSA) is 12.0 Å². The highest BCUT2D eigenvalue weighted by molar-refractivity contribution is 5.19. The van der Waals surface area contributed by atoms with Crippen LogP contribution >= 0.6 is 0 Å². The highest BCUT2D eigenvalue weighted by atomic mass is 14.9. The monoisotopic (exact) mass is 221 g/mol. The molecule has 1 nitrogen and oxygen atoms in total. The molecule has 0 saturated heterocycles. The van der Waals surface area contributed by atoms with Crippen LogP contribution in [0.25, 0.3) is 0 Å². The molecule has 0 radical (unpaired) electrons. The Morgan fingerprint density at radius 1 is 1.19 bits per heavy atom. The number of allylic oxidation sites excluding steroid dienone is 1. The van der Waals surface area contributed by atoms with Crippen LogP contribution in [0, 0.1) is 5.41 Å². The standard InChI is InChI=1S/C15H27N/c1-13(2)16-12-15(10-6-7-11-15)14-8-4-3-5-9-14/h8,13,16H,3-7,9-12H2,1-2H3. The third-order valence-electron chi connectivity index (χ3n) is 4.38. The fraction of sp³-hybridized carbons (Fsp3) is 0.867. The van der Waals surface area contributed by atoms with E-state index >= 15 is 0 Å². The van der Waals surface area contributed by atoms with E-state index in [1.165, 1.54) is 57.9 Å². The smallest absolute Gasteiger partial charge is 0.00476 e. The van der Waals surface area contributed by atoms with Gasteiger partial charge in [-0.05, 0) is 38.5 Å². The van der Waals surface area contributed by atoms with Crippen molar-refractivity contribution in [3.05, 3.63) is 11.6 Å². The molecule has 2 aliphatic rings. The molecule has 92 valence electrons. The van der Waals surface area contributed by atoms with Crippen LogP contribution in [0.1, 0.15) is 65.2 Å². The van der Waals surface area contributed by atoms with Gasteiger partial charge >= 0.3 is 0 Å². The summed E-state index contributed by atoms with van der Waals surface area (Å²) in [7, 11) is 0. The van der Waals surface area contributed by atoms with Crippen molar-refractivity contribution >= 4 is 0 Å². The van der Waals surface area contributed by atoms with E-state index in [-0.39, 0.29) is 0 Å². The van der Waals surface area contributed by atoms with Gasteiger partial charge in [-0.2, -0.15) is 0 Å². The van der Waals surface area contributed by atoms with Crippen molar-refractivity contribution in [3.8, 4) is 0 Å². The Hall–Kier alpha value is -0.300. The van der Waals surface area contributed by atoms with Gasteiger partial charge in [0.25, 0.3) is 0 Å². The first-order chi connectivity index (χ1) is 7.73. The van der Waals surface area contributed by atoms with Crippen LogP contribution in [0.15, 0.2) is 11.6 Å². The second kappa shape index (κ2) is 5.35. The molecule has 0 aromatic rings. The molecule has 2 aliphatic carbocycles. The second-order valence-corrected chi connectivity index (χ2v) is 6.00. The van der Waals surface area contributed by atoms with E-state index in [2.05, 4.69) is 25.2 Å². The van der Waals surface area contributed by atoms with E-state index in [1.54, 1.807) is 5.57 Å². The van der Waals surface area contributed by atoms with E-state index in [9.17, 15) is 0 Å². The first-order valence-corrected chi connectivity index (χ1v) is 7.16. The molecule has 1 saturated carbocycles. The summed E-state index contributed by atoms with van der Waals surface area (Å²) in [4.78, 5) is 0. The Morgan fingerprint density at radius 3 is 2.50 bits per heavy atom. The third kappa shape index (κ3) is 2.68. The van der Waals surface area contributed by atoms with Crippen molar-refractivity contribution in [3.63, 3.8) is 0 Å². The van der Waals surface area contributed by atoms with E-state index in [0.717, 1.165) is 0 Å². The number of hydrogen-bond donors (Lipinski definition) is 1. The number of nitrogens with one attached hydrogen (secondary N) is 1. The average Bonchev–Trinajstić information content (AvgIpc) is 2.78. The molecule has 0 aromatic heterocycles. The van der Waals surface area contributed by atoms with E-state index in [0.29, 0.717) is 11.5 Å². The van der Waals surface area contributed by atoms with Crippen LogP contribution < -0.4 is 5.32 Å². The molecular formula is C15H27N. The highest BCUT2D eigenvalue weighted by Crippen LogP contribution is 2.46. The summed E-state index contributed by atoms with van der Waals surface area (Å²) in [6.45, 7) is 5.74. The largest absolute Gasteiger partial charge is 0.314 e. The third-order valence-corrected chi connectivity index (χ3v) is 4.38. The molecule has 1 heteroatoms. The quantitative estimate of drug-likeness (QED) is 0.706. The molecular weight excluding hydrogens is 194 g/mol. The Balaban J connectivity index is 2.05. The first-order valence-electron chi connectivity index (χ1n) is 7.16. The maximum absolute atomic E-state index is 3.68. The van der Waals surface area contributed by atoms with Gasteiger partial charge in [0.1, 0.15) is 0 Å². The molecule has 0 amide bonds. The zero-order valence-corrected chi connectivity index (χ0v) is 11.0. The summed E-state index contributed by atoms with van der Waals surface area (Å²) in [5, 5.41) is 3.68. The van der Waals surface area contributed by atoms with Gasteiger partial charge in [-0.25, -0.2) is 0 Å². The highest BCUT2D eigenvalue weighted by Gasteiger charge is 2.37. The minimum atomic E-state index is 0.546. The number of hydrogen-bond acceptors (Lipinski definition) is 1. The summed E-state index contributed by atoms with van der Waals surface area (Å²) in [5.41, 5.74) is 2.34. The van der Waals surface area contributed by atoms with Gasteiger partial charge in [0, 0.05) is 18.0 Å². The Labute approximate surface area is 101 Å². The minimum Gasteiger partial charge on any atom is -0.314 e. The summed E-state index contributed by atoms with van der Waals surface area (Å²) in [5.74, 6) is 0. The minimum absolute atomic E-state index is 0.546. The predicted octanol–water partition coefficient (Wildman–Crippen LogP) is 4.05. The lowest BCUT2D eigenvalue weighted by Gasteiger charge is -2.35. The van der Waals surface area contributed by atoms with Crippen molar-refractivity contribution in [2.24, 2.45) is 5.41 Å². The molecule has 0 spiro atoms. The van der Waals surface area contributed by atoms with Crippen LogP contribution in [-0.2, 0) is 0 Å². The van der Waals surface area contributed by atoms with Gasteiger partial charge in [-0.15, -0.1) is 0 Å². The molecule has 0 bridgehead atoms. The molecule has 0 aliphatic heterocycles. The Bertz CT molecular complexity index is 246. The summed E-state index contributed by atoms with van der Waals surface area (Å²) < 4.78 is 0. The molecule has 1 fully saturated rings. The zero-order chi connectivity index (χ0) is 11.4. The maximum atomic E-state index is 3.68. The van der Waals surface area contributed by atoms with E-state index in [1.807, 2.05) is 0 Å². The van der Waals surface area contributed by atoms with Gasteiger partial charge < -0.3 is 5.32 Å². The Kier molecular flexibility index (Phi) is 4.07.